The maximum absolute atomic E-state index is 5.61. The molecule has 0 radical (unpaired) electrons. The van der Waals surface area contributed by atoms with E-state index in [2.05, 4.69) is 38.3 Å². The molecule has 4 heteroatoms. The van der Waals surface area contributed by atoms with E-state index in [0.717, 1.165) is 52.1 Å². The molecule has 0 aromatic rings. The molecule has 0 aliphatic carbocycles. The molecule has 0 atom stereocenters. The highest BCUT2D eigenvalue weighted by Gasteiger charge is 2.16. The predicted octanol–water partition coefficient (Wildman–Crippen LogP) is 1.70. The van der Waals surface area contributed by atoms with Gasteiger partial charge in [-0.3, -0.25) is 0 Å². The first-order chi connectivity index (χ1) is 9.33. The van der Waals surface area contributed by atoms with Gasteiger partial charge < -0.3 is 22.1 Å². The molecule has 0 rings (SSSR count). The second-order valence-electron chi connectivity index (χ2n) is 7.47. The van der Waals surface area contributed by atoms with Crippen LogP contribution in [-0.4, -0.2) is 39.3 Å². The molecule has 0 bridgehead atoms. The summed E-state index contributed by atoms with van der Waals surface area (Å²) in [6.07, 6.45) is 4.61. The highest BCUT2D eigenvalue weighted by Crippen LogP contribution is 2.18. The number of hydrogen-bond acceptors (Lipinski definition) is 4. The average Bonchev–Trinajstić information content (AvgIpc) is 2.32. The van der Waals surface area contributed by atoms with Crippen molar-refractivity contribution in [1.29, 1.82) is 0 Å². The van der Waals surface area contributed by atoms with Gasteiger partial charge in [0, 0.05) is 13.1 Å². The van der Waals surface area contributed by atoms with Crippen LogP contribution in [0.4, 0.5) is 0 Å². The van der Waals surface area contributed by atoms with E-state index in [1.54, 1.807) is 0 Å². The summed E-state index contributed by atoms with van der Waals surface area (Å²) in [4.78, 5) is 0. The summed E-state index contributed by atoms with van der Waals surface area (Å²) in [6.45, 7) is 14.9. The maximum Gasteiger partial charge on any atom is 0.000299 e. The third-order valence-electron chi connectivity index (χ3n) is 3.81. The molecule has 122 valence electrons. The van der Waals surface area contributed by atoms with Crippen molar-refractivity contribution in [3.05, 3.63) is 0 Å². The monoisotopic (exact) mass is 286 g/mol. The Bertz CT molecular complexity index is 203. The maximum atomic E-state index is 5.61. The normalized spacial score (nSPS) is 12.9. The largest absolute Gasteiger partial charge is 0.330 e. The third-order valence-corrected chi connectivity index (χ3v) is 3.81. The Balaban J connectivity index is 3.41. The minimum Gasteiger partial charge on any atom is -0.330 e. The quantitative estimate of drug-likeness (QED) is 0.389. The van der Waals surface area contributed by atoms with Gasteiger partial charge in [-0.1, -0.05) is 27.7 Å². The summed E-state index contributed by atoms with van der Waals surface area (Å²) in [5.41, 5.74) is 11.9. The van der Waals surface area contributed by atoms with Gasteiger partial charge >= 0.3 is 0 Å². The van der Waals surface area contributed by atoms with E-state index in [0.29, 0.717) is 10.8 Å². The Labute approximate surface area is 126 Å². The van der Waals surface area contributed by atoms with Gasteiger partial charge in [0.1, 0.15) is 0 Å². The van der Waals surface area contributed by atoms with Gasteiger partial charge in [-0.25, -0.2) is 0 Å². The van der Waals surface area contributed by atoms with E-state index in [9.17, 15) is 0 Å². The van der Waals surface area contributed by atoms with Crippen molar-refractivity contribution in [3.63, 3.8) is 0 Å². The van der Waals surface area contributed by atoms with Gasteiger partial charge in [0.15, 0.2) is 0 Å². The van der Waals surface area contributed by atoms with Crippen LogP contribution in [0.3, 0.4) is 0 Å². The van der Waals surface area contributed by atoms with Crippen LogP contribution in [0.1, 0.15) is 53.4 Å². The van der Waals surface area contributed by atoms with Crippen LogP contribution in [0.25, 0.3) is 0 Å². The van der Waals surface area contributed by atoms with E-state index in [4.69, 9.17) is 11.5 Å². The SMILES string of the molecule is CC(C)(CCN)CNCCCCNCC(C)(C)CCN. The van der Waals surface area contributed by atoms with Crippen LogP contribution in [0.5, 0.6) is 0 Å². The Kier molecular flexibility index (Phi) is 10.5. The van der Waals surface area contributed by atoms with Gasteiger partial charge in [0.05, 0.1) is 0 Å². The fourth-order valence-corrected chi connectivity index (χ4v) is 2.31. The molecular formula is C16H38N4. The molecular weight excluding hydrogens is 248 g/mol. The zero-order valence-electron chi connectivity index (χ0n) is 14.2. The molecule has 0 saturated carbocycles. The minimum absolute atomic E-state index is 0.319. The van der Waals surface area contributed by atoms with Crippen LogP contribution >= 0.6 is 0 Å². The van der Waals surface area contributed by atoms with Gasteiger partial charge in [0.2, 0.25) is 0 Å². The van der Waals surface area contributed by atoms with Crippen LogP contribution in [0.2, 0.25) is 0 Å². The number of nitrogens with one attached hydrogen (secondary N) is 2. The van der Waals surface area contributed by atoms with E-state index >= 15 is 0 Å². The van der Waals surface area contributed by atoms with Crippen molar-refractivity contribution >= 4 is 0 Å². The second kappa shape index (κ2) is 10.6. The number of hydrogen-bond donors (Lipinski definition) is 4. The van der Waals surface area contributed by atoms with E-state index in [-0.39, 0.29) is 0 Å². The van der Waals surface area contributed by atoms with Crippen LogP contribution < -0.4 is 22.1 Å². The number of nitrogens with two attached hydrogens (primary N) is 2. The van der Waals surface area contributed by atoms with E-state index in [1.807, 2.05) is 0 Å². The molecule has 20 heavy (non-hydrogen) atoms. The molecule has 4 nitrogen and oxygen atoms in total. The number of rotatable bonds is 13. The van der Waals surface area contributed by atoms with Crippen LogP contribution in [0.15, 0.2) is 0 Å². The van der Waals surface area contributed by atoms with Crippen LogP contribution in [-0.2, 0) is 0 Å². The molecule has 6 N–H and O–H groups in total. The summed E-state index contributed by atoms with van der Waals surface area (Å²) < 4.78 is 0. The lowest BCUT2D eigenvalue weighted by molar-refractivity contribution is 0.312. The van der Waals surface area contributed by atoms with Gasteiger partial charge in [-0.15, -0.1) is 0 Å². The van der Waals surface area contributed by atoms with Crippen molar-refractivity contribution < 1.29 is 0 Å². The Morgan fingerprint density at radius 2 is 1.05 bits per heavy atom. The molecule has 0 fully saturated rings. The standard InChI is InChI=1S/C16H38N4/c1-15(2,7-9-17)13-19-11-5-6-12-20-14-16(3,4)8-10-18/h19-20H,5-14,17-18H2,1-4H3. The zero-order valence-corrected chi connectivity index (χ0v) is 14.2. The fourth-order valence-electron chi connectivity index (χ4n) is 2.31. The van der Waals surface area contributed by atoms with Crippen molar-refractivity contribution in [3.8, 4) is 0 Å². The molecule has 0 unspecified atom stereocenters. The molecule has 0 aliphatic rings. The number of unbranched alkanes of at least 4 members (excludes halogenated alkanes) is 1. The lowest BCUT2D eigenvalue weighted by Crippen LogP contribution is -2.33. The van der Waals surface area contributed by atoms with E-state index in [1.165, 1.54) is 12.8 Å². The molecule has 0 heterocycles. The van der Waals surface area contributed by atoms with E-state index < -0.39 is 0 Å². The summed E-state index contributed by atoms with van der Waals surface area (Å²) >= 11 is 0. The Morgan fingerprint density at radius 1 is 0.700 bits per heavy atom. The average molecular weight is 287 g/mol. The van der Waals surface area contributed by atoms with Crippen LogP contribution in [0, 0.1) is 10.8 Å². The highest BCUT2D eigenvalue weighted by molar-refractivity contribution is 4.73. The first-order valence-electron chi connectivity index (χ1n) is 8.14. The van der Waals surface area contributed by atoms with Crippen molar-refractivity contribution in [2.24, 2.45) is 22.3 Å². The lowest BCUT2D eigenvalue weighted by atomic mass is 9.89. The summed E-state index contributed by atoms with van der Waals surface area (Å²) in [5.74, 6) is 0. The molecule has 0 aromatic heterocycles. The third kappa shape index (κ3) is 11.6. The van der Waals surface area contributed by atoms with Crippen molar-refractivity contribution in [2.75, 3.05) is 39.3 Å². The van der Waals surface area contributed by atoms with Gasteiger partial charge in [-0.2, -0.15) is 0 Å². The first-order valence-corrected chi connectivity index (χ1v) is 8.14. The molecule has 0 aliphatic heterocycles. The van der Waals surface area contributed by atoms with Gasteiger partial charge in [-0.05, 0) is 62.7 Å². The smallest absolute Gasteiger partial charge is 0.000299 e. The molecule has 0 amide bonds. The molecule has 0 spiro atoms. The Morgan fingerprint density at radius 3 is 1.35 bits per heavy atom. The Hall–Kier alpha value is -0.160. The topological polar surface area (TPSA) is 76.1 Å². The molecule has 0 aromatic carbocycles. The summed E-state index contributed by atoms with van der Waals surface area (Å²) in [7, 11) is 0. The summed E-state index contributed by atoms with van der Waals surface area (Å²) in [5, 5.41) is 7.08. The minimum atomic E-state index is 0.319. The van der Waals surface area contributed by atoms with Crippen molar-refractivity contribution in [1.82, 2.24) is 10.6 Å². The fraction of sp³-hybridized carbons (Fsp3) is 1.00. The predicted molar refractivity (Wildman–Crippen MR) is 89.9 cm³/mol. The lowest BCUT2D eigenvalue weighted by Gasteiger charge is -2.25. The van der Waals surface area contributed by atoms with Crippen molar-refractivity contribution in [2.45, 2.75) is 53.4 Å². The summed E-state index contributed by atoms with van der Waals surface area (Å²) in [6, 6.07) is 0. The van der Waals surface area contributed by atoms with Gasteiger partial charge in [0.25, 0.3) is 0 Å². The molecule has 0 saturated heterocycles. The zero-order chi connectivity index (χ0) is 15.5. The second-order valence-corrected chi connectivity index (χ2v) is 7.47. The first kappa shape index (κ1) is 19.8. The highest BCUT2D eigenvalue weighted by atomic mass is 14.9.